The van der Waals surface area contributed by atoms with Crippen molar-refractivity contribution >= 4 is 11.9 Å². The highest BCUT2D eigenvalue weighted by Gasteiger charge is 2.37. The molecule has 0 aliphatic rings. The van der Waals surface area contributed by atoms with E-state index in [9.17, 15) is 14.7 Å². The maximum Gasteiger partial charge on any atom is 0.314 e. The lowest BCUT2D eigenvalue weighted by atomic mass is 9.79. The first-order valence-corrected chi connectivity index (χ1v) is 6.56. The van der Waals surface area contributed by atoms with Gasteiger partial charge in [0.2, 0.25) is 5.91 Å². The maximum absolute atomic E-state index is 12.0. The van der Waals surface area contributed by atoms with E-state index in [0.29, 0.717) is 12.1 Å². The van der Waals surface area contributed by atoms with Crippen LogP contribution in [0, 0.1) is 0 Å². The predicted molar refractivity (Wildman–Crippen MR) is 76.5 cm³/mol. The standard InChI is InChI=1S/C15H17N3O3/c1-15(14(20)21,11-5-3-2-4-6-11)9-13(19)16-10-12-7-8-17-18-12/h2-8H,9-10H2,1H3,(H,16,19)(H,17,18)(H,20,21). The van der Waals surface area contributed by atoms with Gasteiger partial charge >= 0.3 is 5.97 Å². The lowest BCUT2D eigenvalue weighted by Crippen LogP contribution is -2.38. The minimum atomic E-state index is -1.25. The van der Waals surface area contributed by atoms with Crippen LogP contribution in [0.3, 0.4) is 0 Å². The number of nitrogens with zero attached hydrogens (tertiary/aromatic N) is 1. The lowest BCUT2D eigenvalue weighted by Gasteiger charge is -2.24. The van der Waals surface area contributed by atoms with E-state index >= 15 is 0 Å². The highest BCUT2D eigenvalue weighted by Crippen LogP contribution is 2.27. The van der Waals surface area contributed by atoms with Crippen molar-refractivity contribution in [3.8, 4) is 0 Å². The highest BCUT2D eigenvalue weighted by atomic mass is 16.4. The van der Waals surface area contributed by atoms with Crippen LogP contribution in [0.4, 0.5) is 0 Å². The van der Waals surface area contributed by atoms with Gasteiger partial charge in [0.05, 0.1) is 17.7 Å². The number of amides is 1. The van der Waals surface area contributed by atoms with Gasteiger partial charge < -0.3 is 10.4 Å². The number of benzene rings is 1. The Morgan fingerprint density at radius 1 is 1.29 bits per heavy atom. The average molecular weight is 287 g/mol. The summed E-state index contributed by atoms with van der Waals surface area (Å²) < 4.78 is 0. The Bertz CT molecular complexity index is 610. The van der Waals surface area contributed by atoms with E-state index in [1.807, 2.05) is 6.07 Å². The van der Waals surface area contributed by atoms with Gasteiger partial charge in [-0.25, -0.2) is 0 Å². The molecule has 0 spiro atoms. The van der Waals surface area contributed by atoms with Crippen LogP contribution < -0.4 is 5.32 Å². The molecule has 0 bridgehead atoms. The molecule has 0 aliphatic carbocycles. The Kier molecular flexibility index (Phi) is 4.37. The second-order valence-corrected chi connectivity index (χ2v) is 5.04. The van der Waals surface area contributed by atoms with Crippen molar-refractivity contribution in [2.75, 3.05) is 0 Å². The van der Waals surface area contributed by atoms with Crippen LogP contribution in [0.5, 0.6) is 0 Å². The number of carbonyl (C=O) groups is 2. The highest BCUT2D eigenvalue weighted by molar-refractivity contribution is 5.89. The van der Waals surface area contributed by atoms with Gasteiger partial charge in [-0.15, -0.1) is 0 Å². The molecular weight excluding hydrogens is 270 g/mol. The van der Waals surface area contributed by atoms with Gasteiger partial charge in [0.1, 0.15) is 0 Å². The number of aromatic amines is 1. The molecule has 1 aromatic carbocycles. The van der Waals surface area contributed by atoms with Crippen molar-refractivity contribution in [2.24, 2.45) is 0 Å². The molecule has 21 heavy (non-hydrogen) atoms. The van der Waals surface area contributed by atoms with Gasteiger partial charge in [-0.1, -0.05) is 30.3 Å². The third-order valence-corrected chi connectivity index (χ3v) is 3.43. The fourth-order valence-electron chi connectivity index (χ4n) is 2.07. The number of carboxylic acid groups (broad SMARTS) is 1. The lowest BCUT2D eigenvalue weighted by molar-refractivity contribution is -0.145. The summed E-state index contributed by atoms with van der Waals surface area (Å²) >= 11 is 0. The van der Waals surface area contributed by atoms with Crippen molar-refractivity contribution in [1.29, 1.82) is 0 Å². The SMILES string of the molecule is CC(CC(=O)NCc1ccn[nH]1)(C(=O)O)c1ccccc1. The van der Waals surface area contributed by atoms with Gasteiger partial charge in [0, 0.05) is 12.6 Å². The number of nitrogens with one attached hydrogen (secondary N) is 2. The van der Waals surface area contributed by atoms with E-state index in [1.54, 1.807) is 43.5 Å². The van der Waals surface area contributed by atoms with E-state index in [-0.39, 0.29) is 12.3 Å². The molecule has 0 aliphatic heterocycles. The molecule has 0 fully saturated rings. The summed E-state index contributed by atoms with van der Waals surface area (Å²) in [5.74, 6) is -1.34. The van der Waals surface area contributed by atoms with Crippen molar-refractivity contribution in [3.63, 3.8) is 0 Å². The van der Waals surface area contributed by atoms with Crippen molar-refractivity contribution in [2.45, 2.75) is 25.3 Å². The summed E-state index contributed by atoms with van der Waals surface area (Å²) in [6, 6.07) is 10.5. The molecular formula is C15H17N3O3. The molecule has 1 unspecified atom stereocenters. The van der Waals surface area contributed by atoms with Gasteiger partial charge in [-0.3, -0.25) is 14.7 Å². The Balaban J connectivity index is 2.06. The van der Waals surface area contributed by atoms with Crippen LogP contribution in [0.25, 0.3) is 0 Å². The van der Waals surface area contributed by atoms with Crippen molar-refractivity contribution in [3.05, 3.63) is 53.9 Å². The van der Waals surface area contributed by atoms with Crippen LogP contribution in [-0.2, 0) is 21.5 Å². The Labute approximate surface area is 122 Å². The molecule has 1 atom stereocenters. The molecule has 0 saturated heterocycles. The average Bonchev–Trinajstić information content (AvgIpc) is 2.99. The van der Waals surface area contributed by atoms with Crippen LogP contribution in [0.2, 0.25) is 0 Å². The first kappa shape index (κ1) is 14.8. The number of carboxylic acids is 1. The van der Waals surface area contributed by atoms with Crippen LogP contribution >= 0.6 is 0 Å². The van der Waals surface area contributed by atoms with Gasteiger partial charge in [0.15, 0.2) is 0 Å². The fourth-order valence-corrected chi connectivity index (χ4v) is 2.07. The summed E-state index contributed by atoms with van der Waals surface area (Å²) in [5.41, 5.74) is 0.119. The fraction of sp³-hybridized carbons (Fsp3) is 0.267. The van der Waals surface area contributed by atoms with Crippen LogP contribution in [0.15, 0.2) is 42.6 Å². The second kappa shape index (κ2) is 6.21. The first-order valence-electron chi connectivity index (χ1n) is 6.56. The normalized spacial score (nSPS) is 13.4. The number of rotatable bonds is 6. The van der Waals surface area contributed by atoms with E-state index < -0.39 is 11.4 Å². The minimum Gasteiger partial charge on any atom is -0.481 e. The van der Waals surface area contributed by atoms with E-state index in [4.69, 9.17) is 0 Å². The topological polar surface area (TPSA) is 95.1 Å². The summed E-state index contributed by atoms with van der Waals surface area (Å²) in [4.78, 5) is 23.6. The van der Waals surface area contributed by atoms with E-state index in [1.165, 1.54) is 0 Å². The molecule has 3 N–H and O–H groups in total. The number of H-pyrrole nitrogens is 1. The summed E-state index contributed by atoms with van der Waals surface area (Å²) in [6.07, 6.45) is 1.47. The summed E-state index contributed by atoms with van der Waals surface area (Å²) in [5, 5.41) is 18.7. The maximum atomic E-state index is 12.0. The predicted octanol–water partition coefficient (Wildman–Crippen LogP) is 1.46. The molecule has 0 radical (unpaired) electrons. The van der Waals surface area contributed by atoms with Crippen molar-refractivity contribution < 1.29 is 14.7 Å². The zero-order valence-electron chi connectivity index (χ0n) is 11.7. The molecule has 6 heteroatoms. The number of hydrogen-bond acceptors (Lipinski definition) is 3. The molecule has 1 amide bonds. The minimum absolute atomic E-state index is 0.125. The third kappa shape index (κ3) is 3.47. The largest absolute Gasteiger partial charge is 0.481 e. The molecule has 1 heterocycles. The van der Waals surface area contributed by atoms with E-state index in [2.05, 4.69) is 15.5 Å². The monoisotopic (exact) mass is 287 g/mol. The second-order valence-electron chi connectivity index (χ2n) is 5.04. The van der Waals surface area contributed by atoms with E-state index in [0.717, 1.165) is 5.69 Å². The Morgan fingerprint density at radius 2 is 2.00 bits per heavy atom. The first-order chi connectivity index (χ1) is 10.0. The molecule has 0 saturated carbocycles. The number of aromatic nitrogens is 2. The molecule has 6 nitrogen and oxygen atoms in total. The molecule has 110 valence electrons. The van der Waals surface area contributed by atoms with Crippen molar-refractivity contribution in [1.82, 2.24) is 15.5 Å². The van der Waals surface area contributed by atoms with Gasteiger partial charge in [-0.05, 0) is 18.6 Å². The Morgan fingerprint density at radius 3 is 2.57 bits per heavy atom. The quantitative estimate of drug-likeness (QED) is 0.749. The van der Waals surface area contributed by atoms with Crippen LogP contribution in [0.1, 0.15) is 24.6 Å². The van der Waals surface area contributed by atoms with Gasteiger partial charge in [0.25, 0.3) is 0 Å². The smallest absolute Gasteiger partial charge is 0.314 e. The summed E-state index contributed by atoms with van der Waals surface area (Å²) in [6.45, 7) is 1.85. The Hall–Kier alpha value is -2.63. The number of aliphatic carboxylic acids is 1. The van der Waals surface area contributed by atoms with Crippen LogP contribution in [-0.4, -0.2) is 27.2 Å². The summed E-state index contributed by atoms with van der Waals surface area (Å²) in [7, 11) is 0. The zero-order valence-corrected chi connectivity index (χ0v) is 11.7. The van der Waals surface area contributed by atoms with Gasteiger partial charge in [-0.2, -0.15) is 5.10 Å². The molecule has 2 rings (SSSR count). The number of hydrogen-bond donors (Lipinski definition) is 3. The zero-order chi connectivity index (χ0) is 15.3. The third-order valence-electron chi connectivity index (χ3n) is 3.43. The molecule has 2 aromatic rings. The molecule has 1 aromatic heterocycles. The number of carbonyl (C=O) groups excluding carboxylic acids is 1.